The molecule has 21 heavy (non-hydrogen) atoms. The van der Waals surface area contributed by atoms with E-state index in [4.69, 9.17) is 0 Å². The van der Waals surface area contributed by atoms with Crippen LogP contribution in [0.15, 0.2) is 41.3 Å². The number of rotatable bonds is 3. The molecule has 2 N–H and O–H groups in total. The molecule has 0 spiro atoms. The van der Waals surface area contributed by atoms with E-state index >= 15 is 0 Å². The van der Waals surface area contributed by atoms with Crippen molar-refractivity contribution in [3.63, 3.8) is 0 Å². The zero-order valence-corrected chi connectivity index (χ0v) is 12.9. The Morgan fingerprint density at radius 1 is 1.14 bits per heavy atom. The van der Waals surface area contributed by atoms with Gasteiger partial charge in [0.15, 0.2) is 0 Å². The second-order valence-electron chi connectivity index (χ2n) is 5.35. The van der Waals surface area contributed by atoms with E-state index in [1.165, 1.54) is 0 Å². The first-order valence-electron chi connectivity index (χ1n) is 6.93. The van der Waals surface area contributed by atoms with Crippen LogP contribution in [0.1, 0.15) is 16.7 Å². The van der Waals surface area contributed by atoms with Crippen LogP contribution in [0.2, 0.25) is 0 Å². The lowest BCUT2D eigenvalue weighted by atomic mass is 10.1. The van der Waals surface area contributed by atoms with E-state index in [0.717, 1.165) is 35.3 Å². The molecule has 0 amide bonds. The lowest BCUT2D eigenvalue weighted by molar-refractivity contribution is 0.601. The molecule has 1 heterocycles. The van der Waals surface area contributed by atoms with Gasteiger partial charge in [-0.25, -0.2) is 8.42 Å². The molecule has 2 aromatic rings. The molecular weight excluding hydrogens is 284 g/mol. The number of hydrogen-bond donors (Lipinski definition) is 2. The summed E-state index contributed by atoms with van der Waals surface area (Å²) in [5, 5.41) is 3.23. The summed E-state index contributed by atoms with van der Waals surface area (Å²) in [5.41, 5.74) is 4.73. The van der Waals surface area contributed by atoms with Gasteiger partial charge in [0.05, 0.1) is 10.6 Å². The monoisotopic (exact) mass is 302 g/mol. The van der Waals surface area contributed by atoms with Crippen molar-refractivity contribution in [2.75, 3.05) is 16.6 Å². The Labute approximate surface area is 125 Å². The smallest absolute Gasteiger partial charge is 0.261 e. The summed E-state index contributed by atoms with van der Waals surface area (Å²) >= 11 is 0. The lowest BCUT2D eigenvalue weighted by Gasteiger charge is -2.12. The standard InChI is InChI=1S/C16H18N2O2S/c1-11-4-3-5-15(12(11)2)18-21(19,20)14-6-7-16-13(10-14)8-9-17-16/h3-7,10,17-18H,8-9H2,1-2H3. The van der Waals surface area contributed by atoms with Crippen LogP contribution in [-0.2, 0) is 16.4 Å². The Morgan fingerprint density at radius 3 is 2.76 bits per heavy atom. The number of fused-ring (bicyclic) bond motifs is 1. The molecule has 2 aromatic carbocycles. The quantitative estimate of drug-likeness (QED) is 0.916. The normalized spacial score (nSPS) is 13.6. The van der Waals surface area contributed by atoms with Crippen LogP contribution in [0, 0.1) is 13.8 Å². The summed E-state index contributed by atoms with van der Waals surface area (Å²) in [6.07, 6.45) is 0.863. The Hall–Kier alpha value is -2.01. The third-order valence-electron chi connectivity index (χ3n) is 3.95. The van der Waals surface area contributed by atoms with Crippen molar-refractivity contribution < 1.29 is 8.42 Å². The maximum Gasteiger partial charge on any atom is 0.261 e. The highest BCUT2D eigenvalue weighted by Gasteiger charge is 2.19. The molecule has 0 atom stereocenters. The van der Waals surface area contributed by atoms with E-state index in [1.807, 2.05) is 32.0 Å². The molecule has 0 radical (unpaired) electrons. The average molecular weight is 302 g/mol. The first-order valence-corrected chi connectivity index (χ1v) is 8.41. The summed E-state index contributed by atoms with van der Waals surface area (Å²) in [7, 11) is -3.55. The molecular formula is C16H18N2O2S. The molecule has 0 unspecified atom stereocenters. The van der Waals surface area contributed by atoms with Gasteiger partial charge in [-0.1, -0.05) is 12.1 Å². The molecule has 0 aliphatic carbocycles. The SMILES string of the molecule is Cc1cccc(NS(=O)(=O)c2ccc3c(c2)CCN3)c1C. The Kier molecular flexibility index (Phi) is 3.37. The largest absolute Gasteiger partial charge is 0.384 e. The Balaban J connectivity index is 1.96. The van der Waals surface area contributed by atoms with Gasteiger partial charge < -0.3 is 5.32 Å². The van der Waals surface area contributed by atoms with Crippen LogP contribution in [0.4, 0.5) is 11.4 Å². The van der Waals surface area contributed by atoms with Gasteiger partial charge >= 0.3 is 0 Å². The number of anilines is 2. The van der Waals surface area contributed by atoms with Gasteiger partial charge in [-0.05, 0) is 61.2 Å². The number of nitrogens with one attached hydrogen (secondary N) is 2. The van der Waals surface area contributed by atoms with Gasteiger partial charge in [-0.15, -0.1) is 0 Å². The van der Waals surface area contributed by atoms with Crippen molar-refractivity contribution in [2.24, 2.45) is 0 Å². The van der Waals surface area contributed by atoms with E-state index in [0.29, 0.717) is 10.6 Å². The first-order chi connectivity index (χ1) is 9.97. The Bertz CT molecular complexity index is 798. The summed E-state index contributed by atoms with van der Waals surface area (Å²) in [6.45, 7) is 4.75. The summed E-state index contributed by atoms with van der Waals surface area (Å²) in [4.78, 5) is 0.311. The van der Waals surface area contributed by atoms with Gasteiger partial charge in [0.1, 0.15) is 0 Å². The molecule has 1 aliphatic heterocycles. The highest BCUT2D eigenvalue weighted by Crippen LogP contribution is 2.27. The highest BCUT2D eigenvalue weighted by molar-refractivity contribution is 7.92. The molecule has 0 aromatic heterocycles. The highest BCUT2D eigenvalue weighted by atomic mass is 32.2. The molecule has 0 saturated carbocycles. The van der Waals surface area contributed by atoms with Gasteiger partial charge in [-0.3, -0.25) is 4.72 Å². The van der Waals surface area contributed by atoms with Crippen molar-refractivity contribution >= 4 is 21.4 Å². The third-order valence-corrected chi connectivity index (χ3v) is 5.31. The first kappa shape index (κ1) is 13.9. The maximum atomic E-state index is 12.5. The minimum absolute atomic E-state index is 0.311. The van der Waals surface area contributed by atoms with E-state index in [-0.39, 0.29) is 0 Å². The summed E-state index contributed by atoms with van der Waals surface area (Å²) < 4.78 is 27.8. The molecule has 110 valence electrons. The zero-order valence-electron chi connectivity index (χ0n) is 12.1. The van der Waals surface area contributed by atoms with Crippen LogP contribution in [0.3, 0.4) is 0 Å². The fourth-order valence-electron chi connectivity index (χ4n) is 2.51. The maximum absolute atomic E-state index is 12.5. The third kappa shape index (κ3) is 2.61. The molecule has 3 rings (SSSR count). The molecule has 4 nitrogen and oxygen atoms in total. The van der Waals surface area contributed by atoms with E-state index < -0.39 is 10.0 Å². The van der Waals surface area contributed by atoms with Crippen molar-refractivity contribution in [3.05, 3.63) is 53.1 Å². The number of hydrogen-bond acceptors (Lipinski definition) is 3. The second kappa shape index (κ2) is 5.07. The summed E-state index contributed by atoms with van der Waals surface area (Å²) in [5.74, 6) is 0. The van der Waals surface area contributed by atoms with Gasteiger partial charge in [-0.2, -0.15) is 0 Å². The molecule has 0 saturated heterocycles. The molecule has 0 fully saturated rings. The Morgan fingerprint density at radius 2 is 1.95 bits per heavy atom. The minimum atomic E-state index is -3.55. The van der Waals surface area contributed by atoms with Crippen molar-refractivity contribution in [2.45, 2.75) is 25.2 Å². The summed E-state index contributed by atoms with van der Waals surface area (Å²) in [6, 6.07) is 10.8. The van der Waals surface area contributed by atoms with Crippen LogP contribution in [0.25, 0.3) is 0 Å². The van der Waals surface area contributed by atoms with E-state index in [2.05, 4.69) is 10.0 Å². The lowest BCUT2D eigenvalue weighted by Crippen LogP contribution is -2.14. The number of benzene rings is 2. The average Bonchev–Trinajstić information content (AvgIpc) is 2.91. The van der Waals surface area contributed by atoms with Crippen molar-refractivity contribution in [3.8, 4) is 0 Å². The molecule has 0 bridgehead atoms. The zero-order chi connectivity index (χ0) is 15.0. The second-order valence-corrected chi connectivity index (χ2v) is 7.03. The molecule has 5 heteroatoms. The van der Waals surface area contributed by atoms with E-state index in [1.54, 1.807) is 18.2 Å². The minimum Gasteiger partial charge on any atom is -0.384 e. The van der Waals surface area contributed by atoms with Crippen molar-refractivity contribution in [1.82, 2.24) is 0 Å². The van der Waals surface area contributed by atoms with Gasteiger partial charge in [0.2, 0.25) is 0 Å². The fraction of sp³-hybridized carbons (Fsp3) is 0.250. The predicted molar refractivity (Wildman–Crippen MR) is 85.4 cm³/mol. The van der Waals surface area contributed by atoms with Crippen LogP contribution >= 0.6 is 0 Å². The van der Waals surface area contributed by atoms with Gasteiger partial charge in [0.25, 0.3) is 10.0 Å². The van der Waals surface area contributed by atoms with Crippen LogP contribution < -0.4 is 10.0 Å². The van der Waals surface area contributed by atoms with Crippen molar-refractivity contribution in [1.29, 1.82) is 0 Å². The van der Waals surface area contributed by atoms with Crippen LogP contribution in [-0.4, -0.2) is 15.0 Å². The van der Waals surface area contributed by atoms with Gasteiger partial charge in [0, 0.05) is 12.2 Å². The number of sulfonamides is 1. The topological polar surface area (TPSA) is 58.2 Å². The fourth-order valence-corrected chi connectivity index (χ4v) is 3.69. The molecule has 1 aliphatic rings. The number of aryl methyl sites for hydroxylation is 1. The predicted octanol–water partition coefficient (Wildman–Crippen LogP) is 3.07. The van der Waals surface area contributed by atoms with Crippen LogP contribution in [0.5, 0.6) is 0 Å². The van der Waals surface area contributed by atoms with E-state index in [9.17, 15) is 8.42 Å².